The molecule has 1 heterocycles. The van der Waals surface area contributed by atoms with Crippen LogP contribution < -0.4 is 9.46 Å². The Bertz CT molecular complexity index is 1210. The second kappa shape index (κ2) is 7.95. The van der Waals surface area contributed by atoms with Crippen LogP contribution in [0.15, 0.2) is 52.9 Å². The van der Waals surface area contributed by atoms with E-state index in [0.717, 1.165) is 28.8 Å². The molecule has 0 aliphatic carbocycles. The van der Waals surface area contributed by atoms with Crippen molar-refractivity contribution in [1.82, 2.24) is 4.98 Å². The summed E-state index contributed by atoms with van der Waals surface area (Å²) in [5.74, 6) is -1.27. The first-order valence-electron chi connectivity index (χ1n) is 8.09. The van der Waals surface area contributed by atoms with Gasteiger partial charge in [-0.3, -0.25) is 4.72 Å². The van der Waals surface area contributed by atoms with Crippen LogP contribution in [0.2, 0.25) is 0 Å². The van der Waals surface area contributed by atoms with Crippen molar-refractivity contribution in [3.05, 3.63) is 59.0 Å². The van der Waals surface area contributed by atoms with E-state index in [1.807, 2.05) is 0 Å². The topological polar surface area (TPSA) is 106 Å². The van der Waals surface area contributed by atoms with Crippen LogP contribution in [0.1, 0.15) is 15.9 Å². The molecule has 2 aromatic carbocycles. The number of carboxylic acid groups (broad SMARTS) is 1. The zero-order valence-corrected chi connectivity index (χ0v) is 16.7. The third-order valence-electron chi connectivity index (χ3n) is 3.91. The van der Waals surface area contributed by atoms with E-state index in [4.69, 9.17) is 9.84 Å². The lowest BCUT2D eigenvalue weighted by Gasteiger charge is -2.11. The highest BCUT2D eigenvalue weighted by Gasteiger charge is 2.34. The Hall–Kier alpha value is -3.12. The normalized spacial score (nSPS) is 11.9. The van der Waals surface area contributed by atoms with E-state index in [0.29, 0.717) is 0 Å². The molecule has 30 heavy (non-hydrogen) atoms. The summed E-state index contributed by atoms with van der Waals surface area (Å²) in [7, 11) is -3.04. The Morgan fingerprint density at radius 3 is 2.53 bits per heavy atom. The van der Waals surface area contributed by atoms with E-state index in [-0.39, 0.29) is 27.6 Å². The molecular formula is C18H13F3N2O5S2. The van der Waals surface area contributed by atoms with Crippen LogP contribution in [-0.4, -0.2) is 31.6 Å². The number of sulfonamides is 1. The maximum atomic E-state index is 13.2. The Kier molecular flexibility index (Phi) is 5.72. The maximum Gasteiger partial charge on any atom is 0.417 e. The molecule has 0 radical (unpaired) electrons. The van der Waals surface area contributed by atoms with Crippen LogP contribution in [0.3, 0.4) is 0 Å². The molecule has 2 N–H and O–H groups in total. The molecule has 0 aliphatic heterocycles. The predicted octanol–water partition coefficient (Wildman–Crippen LogP) is 4.34. The third kappa shape index (κ3) is 4.39. The number of rotatable bonds is 6. The lowest BCUT2D eigenvalue weighted by Crippen LogP contribution is -2.14. The number of carbonyl (C=O) groups is 1. The Morgan fingerprint density at radius 2 is 1.90 bits per heavy atom. The number of hydrogen-bond acceptors (Lipinski definition) is 6. The van der Waals surface area contributed by atoms with Gasteiger partial charge in [0.25, 0.3) is 10.0 Å². The van der Waals surface area contributed by atoms with E-state index >= 15 is 0 Å². The summed E-state index contributed by atoms with van der Waals surface area (Å²) in [4.78, 5) is 14.9. The van der Waals surface area contributed by atoms with Crippen molar-refractivity contribution in [3.8, 4) is 16.3 Å². The standard InChI is InChI=1S/C18H13F3N2O5S2/c1-28-14-8-10(17(24)25)6-7-13(14)23-30(26,27)15-9-29-16(22-15)11-4-2-3-5-12(11)18(19,20)21/h2-9,23H,1H3,(H,24,25). The van der Waals surface area contributed by atoms with Crippen LogP contribution in [0.25, 0.3) is 10.6 Å². The summed E-state index contributed by atoms with van der Waals surface area (Å²) < 4.78 is 72.2. The van der Waals surface area contributed by atoms with Gasteiger partial charge in [0.1, 0.15) is 10.8 Å². The monoisotopic (exact) mass is 458 g/mol. The Morgan fingerprint density at radius 1 is 1.20 bits per heavy atom. The van der Waals surface area contributed by atoms with Gasteiger partial charge in [0.05, 0.1) is 23.9 Å². The molecule has 158 valence electrons. The largest absolute Gasteiger partial charge is 0.495 e. The minimum Gasteiger partial charge on any atom is -0.495 e. The number of hydrogen-bond donors (Lipinski definition) is 2. The van der Waals surface area contributed by atoms with Gasteiger partial charge in [0, 0.05) is 10.9 Å². The highest BCUT2D eigenvalue weighted by Crippen LogP contribution is 2.38. The highest BCUT2D eigenvalue weighted by molar-refractivity contribution is 7.92. The van der Waals surface area contributed by atoms with Crippen molar-refractivity contribution < 1.29 is 36.2 Å². The summed E-state index contributed by atoms with van der Waals surface area (Å²) in [6.45, 7) is 0. The lowest BCUT2D eigenvalue weighted by atomic mass is 10.1. The number of carboxylic acids is 1. The maximum absolute atomic E-state index is 13.2. The van der Waals surface area contributed by atoms with Gasteiger partial charge in [0.2, 0.25) is 0 Å². The molecular weight excluding hydrogens is 445 g/mol. The number of benzene rings is 2. The number of halogens is 3. The van der Waals surface area contributed by atoms with Crippen LogP contribution in [0, 0.1) is 0 Å². The van der Waals surface area contributed by atoms with Crippen molar-refractivity contribution in [2.24, 2.45) is 0 Å². The third-order valence-corrected chi connectivity index (χ3v) is 6.19. The molecule has 0 spiro atoms. The van der Waals surface area contributed by atoms with E-state index in [2.05, 4.69) is 9.71 Å². The number of anilines is 1. The Labute approximate surface area is 172 Å². The number of thiazole rings is 1. The summed E-state index contributed by atoms with van der Waals surface area (Å²) in [6.07, 6.45) is -4.63. The zero-order valence-electron chi connectivity index (χ0n) is 15.1. The average molecular weight is 458 g/mol. The molecule has 3 aromatic rings. The summed E-state index contributed by atoms with van der Waals surface area (Å²) in [5, 5.41) is 9.53. The van der Waals surface area contributed by atoms with Crippen LogP contribution >= 0.6 is 11.3 Å². The Balaban J connectivity index is 1.96. The molecule has 7 nitrogen and oxygen atoms in total. The molecule has 0 saturated carbocycles. The van der Waals surface area contributed by atoms with E-state index in [1.54, 1.807) is 0 Å². The minimum absolute atomic E-state index is 0.0451. The fourth-order valence-electron chi connectivity index (χ4n) is 2.53. The average Bonchev–Trinajstić information content (AvgIpc) is 3.18. The first-order valence-corrected chi connectivity index (χ1v) is 10.5. The molecule has 12 heteroatoms. The van der Waals surface area contributed by atoms with E-state index in [1.165, 1.54) is 37.4 Å². The van der Waals surface area contributed by atoms with Gasteiger partial charge >= 0.3 is 12.1 Å². The van der Waals surface area contributed by atoms with Gasteiger partial charge in [0.15, 0.2) is 5.03 Å². The molecule has 0 unspecified atom stereocenters. The first kappa shape index (κ1) is 21.6. The number of methoxy groups -OCH3 is 1. The fourth-order valence-corrected chi connectivity index (χ4v) is 4.73. The molecule has 0 saturated heterocycles. The number of ether oxygens (including phenoxy) is 1. The van der Waals surface area contributed by atoms with Crippen molar-refractivity contribution in [2.45, 2.75) is 11.2 Å². The summed E-state index contributed by atoms with van der Waals surface area (Å²) >= 11 is 0.747. The van der Waals surface area contributed by atoms with Gasteiger partial charge < -0.3 is 9.84 Å². The lowest BCUT2D eigenvalue weighted by molar-refractivity contribution is -0.137. The highest BCUT2D eigenvalue weighted by atomic mass is 32.2. The number of alkyl halides is 3. The SMILES string of the molecule is COc1cc(C(=O)O)ccc1NS(=O)(=O)c1csc(-c2ccccc2C(F)(F)F)n1. The van der Waals surface area contributed by atoms with Gasteiger partial charge in [-0.15, -0.1) is 11.3 Å². The quantitative estimate of drug-likeness (QED) is 0.569. The zero-order chi connectivity index (χ0) is 22.1. The van der Waals surface area contributed by atoms with Gasteiger partial charge in [-0.25, -0.2) is 9.78 Å². The van der Waals surface area contributed by atoms with E-state index < -0.39 is 32.8 Å². The van der Waals surface area contributed by atoms with E-state index in [9.17, 15) is 26.4 Å². The molecule has 0 bridgehead atoms. The second-order valence-electron chi connectivity index (χ2n) is 5.86. The molecule has 0 atom stereocenters. The van der Waals surface area contributed by atoms with Crippen molar-refractivity contribution in [3.63, 3.8) is 0 Å². The smallest absolute Gasteiger partial charge is 0.417 e. The molecule has 1 aromatic heterocycles. The van der Waals surface area contributed by atoms with Gasteiger partial charge in [-0.1, -0.05) is 18.2 Å². The number of aromatic carboxylic acids is 1. The molecule has 0 amide bonds. The fraction of sp³-hybridized carbons (Fsp3) is 0.111. The van der Waals surface area contributed by atoms with Crippen LogP contribution in [0.5, 0.6) is 5.75 Å². The predicted molar refractivity (Wildman–Crippen MR) is 103 cm³/mol. The molecule has 0 aliphatic rings. The van der Waals surface area contributed by atoms with Crippen LogP contribution in [-0.2, 0) is 16.2 Å². The number of aromatic nitrogens is 1. The van der Waals surface area contributed by atoms with Crippen molar-refractivity contribution in [2.75, 3.05) is 11.8 Å². The van der Waals surface area contributed by atoms with Gasteiger partial charge in [-0.2, -0.15) is 21.6 Å². The van der Waals surface area contributed by atoms with Crippen LogP contribution in [0.4, 0.5) is 18.9 Å². The molecule has 3 rings (SSSR count). The number of nitrogens with one attached hydrogen (secondary N) is 1. The summed E-state index contributed by atoms with van der Waals surface area (Å²) in [6, 6.07) is 8.23. The summed E-state index contributed by atoms with van der Waals surface area (Å²) in [5.41, 5.74) is -1.33. The van der Waals surface area contributed by atoms with Gasteiger partial charge in [-0.05, 0) is 24.3 Å². The first-order chi connectivity index (χ1) is 14.0. The number of nitrogens with zero attached hydrogens (tertiary/aromatic N) is 1. The molecule has 0 fully saturated rings. The minimum atomic E-state index is -4.63. The van der Waals surface area contributed by atoms with Crippen molar-refractivity contribution >= 4 is 33.0 Å². The van der Waals surface area contributed by atoms with Crippen molar-refractivity contribution in [1.29, 1.82) is 0 Å². The second-order valence-corrected chi connectivity index (χ2v) is 8.35.